The second-order valence-electron chi connectivity index (χ2n) is 7.56. The first-order valence-corrected chi connectivity index (χ1v) is 9.72. The Balaban J connectivity index is 2.12. The van der Waals surface area contributed by atoms with Crippen molar-refractivity contribution in [2.24, 2.45) is 5.92 Å². The number of aldehydes is 1. The molecule has 2 amide bonds. The molecule has 8 heteroatoms. The predicted molar refractivity (Wildman–Crippen MR) is 99.1 cm³/mol. The summed E-state index contributed by atoms with van der Waals surface area (Å²) in [6.07, 6.45) is 1.47. The molecule has 7 nitrogen and oxygen atoms in total. The van der Waals surface area contributed by atoms with E-state index in [-0.39, 0.29) is 17.9 Å². The fourth-order valence-corrected chi connectivity index (χ4v) is 3.51. The Morgan fingerprint density at radius 2 is 2.12 bits per heavy atom. The lowest BCUT2D eigenvalue weighted by Crippen LogP contribution is -2.49. The first-order chi connectivity index (χ1) is 12.2. The van der Waals surface area contributed by atoms with Gasteiger partial charge in [0.2, 0.25) is 0 Å². The summed E-state index contributed by atoms with van der Waals surface area (Å²) in [6.45, 7) is 10.7. The Hall–Kier alpha value is -1.96. The predicted octanol–water partition coefficient (Wildman–Crippen LogP) is 2.95. The van der Waals surface area contributed by atoms with Gasteiger partial charge in [-0.05, 0) is 26.7 Å². The molecule has 0 saturated carbocycles. The fraction of sp³-hybridized carbons (Fsp3) is 0.667. The molecular formula is C18H27N3O4S. The molecule has 0 unspecified atom stereocenters. The van der Waals surface area contributed by atoms with Crippen molar-refractivity contribution in [1.29, 1.82) is 0 Å². The summed E-state index contributed by atoms with van der Waals surface area (Å²) in [6, 6.07) is -0.792. The van der Waals surface area contributed by atoms with Gasteiger partial charge in [0.15, 0.2) is 11.3 Å². The summed E-state index contributed by atoms with van der Waals surface area (Å²) in [5.74, 6) is -0.367. The summed E-state index contributed by atoms with van der Waals surface area (Å²) >= 11 is 1.26. The van der Waals surface area contributed by atoms with Crippen molar-refractivity contribution < 1.29 is 19.1 Å². The lowest BCUT2D eigenvalue weighted by atomic mass is 9.97. The van der Waals surface area contributed by atoms with E-state index in [9.17, 15) is 14.4 Å². The molecule has 0 bridgehead atoms. The molecule has 1 fully saturated rings. The number of hydrogen-bond donors (Lipinski definition) is 0. The maximum Gasteiger partial charge on any atom is 0.329 e. The number of esters is 1. The smallest absolute Gasteiger partial charge is 0.329 e. The summed E-state index contributed by atoms with van der Waals surface area (Å²) in [5, 5.41) is 2.18. The van der Waals surface area contributed by atoms with E-state index in [4.69, 9.17) is 4.74 Å². The van der Waals surface area contributed by atoms with E-state index in [1.807, 2.05) is 34.6 Å². The van der Waals surface area contributed by atoms with Crippen molar-refractivity contribution in [3.8, 4) is 0 Å². The molecule has 2 heterocycles. The number of rotatable bonds is 7. The molecule has 2 rings (SSSR count). The molecule has 1 aromatic heterocycles. The Bertz CT molecular complexity index is 668. The van der Waals surface area contributed by atoms with Crippen LogP contribution in [0.2, 0.25) is 0 Å². The van der Waals surface area contributed by atoms with Crippen LogP contribution >= 0.6 is 11.3 Å². The van der Waals surface area contributed by atoms with Crippen LogP contribution in [0, 0.1) is 5.92 Å². The van der Waals surface area contributed by atoms with Crippen LogP contribution in [0.4, 0.5) is 4.79 Å². The van der Waals surface area contributed by atoms with Gasteiger partial charge in [-0.25, -0.2) is 14.6 Å². The molecule has 0 aliphatic carbocycles. The Kier molecular flexibility index (Phi) is 6.39. The van der Waals surface area contributed by atoms with Gasteiger partial charge in [0.25, 0.3) is 0 Å². The summed E-state index contributed by atoms with van der Waals surface area (Å²) in [4.78, 5) is 43.8. The highest BCUT2D eigenvalue weighted by Crippen LogP contribution is 2.24. The maximum atomic E-state index is 12.9. The average molecular weight is 381 g/mol. The van der Waals surface area contributed by atoms with Gasteiger partial charge in [-0.3, -0.25) is 4.79 Å². The zero-order valence-electron chi connectivity index (χ0n) is 16.0. The first kappa shape index (κ1) is 20.4. The SMILES string of the molecule is CC[C@H](C)[C@@H](C(=O)OC(C)(C)C)N1CCN(Cc2csc(C=O)n2)C1=O. The monoisotopic (exact) mass is 381 g/mol. The third-order valence-electron chi connectivity index (χ3n) is 4.32. The Labute approximate surface area is 158 Å². The van der Waals surface area contributed by atoms with Gasteiger partial charge >= 0.3 is 12.0 Å². The molecule has 1 saturated heterocycles. The van der Waals surface area contributed by atoms with Gasteiger partial charge in [0.05, 0.1) is 12.2 Å². The van der Waals surface area contributed by atoms with Gasteiger partial charge in [0, 0.05) is 18.5 Å². The lowest BCUT2D eigenvalue weighted by molar-refractivity contribution is -0.162. The van der Waals surface area contributed by atoms with Crippen LogP contribution in [0.15, 0.2) is 5.38 Å². The van der Waals surface area contributed by atoms with Gasteiger partial charge in [0.1, 0.15) is 11.6 Å². The molecule has 26 heavy (non-hydrogen) atoms. The highest BCUT2D eigenvalue weighted by molar-refractivity contribution is 7.11. The fourth-order valence-electron chi connectivity index (χ4n) is 2.90. The van der Waals surface area contributed by atoms with Crippen molar-refractivity contribution in [2.45, 2.75) is 59.2 Å². The number of carbonyl (C=O) groups excluding carboxylic acids is 3. The number of thiazole rings is 1. The van der Waals surface area contributed by atoms with E-state index in [2.05, 4.69) is 4.98 Å². The second kappa shape index (κ2) is 8.16. The zero-order valence-corrected chi connectivity index (χ0v) is 16.8. The van der Waals surface area contributed by atoms with Crippen LogP contribution in [0.25, 0.3) is 0 Å². The van der Waals surface area contributed by atoms with E-state index in [1.54, 1.807) is 15.2 Å². The highest BCUT2D eigenvalue weighted by atomic mass is 32.1. The normalized spacial score (nSPS) is 17.3. The summed E-state index contributed by atoms with van der Waals surface area (Å²) in [7, 11) is 0. The number of aromatic nitrogens is 1. The van der Waals surface area contributed by atoms with Crippen molar-refractivity contribution in [3.63, 3.8) is 0 Å². The number of nitrogens with zero attached hydrogens (tertiary/aromatic N) is 3. The number of carbonyl (C=O) groups is 3. The molecule has 0 radical (unpaired) electrons. The van der Waals surface area contributed by atoms with Crippen LogP contribution in [0.3, 0.4) is 0 Å². The van der Waals surface area contributed by atoms with Gasteiger partial charge < -0.3 is 14.5 Å². The number of ether oxygens (including phenoxy) is 1. The van der Waals surface area contributed by atoms with Crippen molar-refractivity contribution in [2.75, 3.05) is 13.1 Å². The largest absolute Gasteiger partial charge is 0.458 e. The molecule has 144 valence electrons. The van der Waals surface area contributed by atoms with Crippen LogP contribution in [0.1, 0.15) is 56.5 Å². The van der Waals surface area contributed by atoms with E-state index < -0.39 is 11.6 Å². The zero-order chi connectivity index (χ0) is 19.5. The summed E-state index contributed by atoms with van der Waals surface area (Å²) < 4.78 is 5.55. The molecule has 0 N–H and O–H groups in total. The molecule has 1 aliphatic heterocycles. The topological polar surface area (TPSA) is 79.8 Å². The minimum absolute atomic E-state index is 0.00492. The Morgan fingerprint density at radius 1 is 1.42 bits per heavy atom. The average Bonchev–Trinajstić information content (AvgIpc) is 3.15. The lowest BCUT2D eigenvalue weighted by Gasteiger charge is -2.32. The third kappa shape index (κ3) is 4.81. The van der Waals surface area contributed by atoms with Crippen LogP contribution in [0.5, 0.6) is 0 Å². The van der Waals surface area contributed by atoms with E-state index in [0.29, 0.717) is 36.6 Å². The van der Waals surface area contributed by atoms with E-state index in [0.717, 1.165) is 6.42 Å². The second-order valence-corrected chi connectivity index (χ2v) is 8.45. The van der Waals surface area contributed by atoms with E-state index in [1.165, 1.54) is 11.3 Å². The molecule has 0 aromatic carbocycles. The quantitative estimate of drug-likeness (QED) is 0.536. The molecular weight excluding hydrogens is 354 g/mol. The molecule has 1 aliphatic rings. The summed E-state index contributed by atoms with van der Waals surface area (Å²) in [5.41, 5.74) is 0.0848. The molecule has 0 spiro atoms. The number of urea groups is 1. The minimum atomic E-state index is -0.600. The standard InChI is InChI=1S/C18H27N3O4S/c1-6-12(2)15(16(23)25-18(3,4)5)21-8-7-20(17(21)24)9-13-11-26-14(10-22)19-13/h10-12,15H,6-9H2,1-5H3/t12-,15-/m0/s1. The van der Waals surface area contributed by atoms with E-state index >= 15 is 0 Å². The molecule has 1 aromatic rings. The van der Waals surface area contributed by atoms with Crippen LogP contribution < -0.4 is 0 Å². The van der Waals surface area contributed by atoms with Gasteiger partial charge in [-0.15, -0.1) is 11.3 Å². The van der Waals surface area contributed by atoms with Crippen LogP contribution in [-0.4, -0.2) is 57.8 Å². The van der Waals surface area contributed by atoms with Gasteiger partial charge in [-0.2, -0.15) is 0 Å². The number of amides is 2. The number of hydrogen-bond acceptors (Lipinski definition) is 6. The van der Waals surface area contributed by atoms with Crippen molar-refractivity contribution in [1.82, 2.24) is 14.8 Å². The van der Waals surface area contributed by atoms with Crippen molar-refractivity contribution >= 4 is 29.6 Å². The minimum Gasteiger partial charge on any atom is -0.458 e. The highest BCUT2D eigenvalue weighted by Gasteiger charge is 2.41. The first-order valence-electron chi connectivity index (χ1n) is 8.84. The maximum absolute atomic E-state index is 12.9. The molecule has 2 atom stereocenters. The van der Waals surface area contributed by atoms with Gasteiger partial charge in [-0.1, -0.05) is 20.3 Å². The van der Waals surface area contributed by atoms with Crippen molar-refractivity contribution in [3.05, 3.63) is 16.1 Å². The Morgan fingerprint density at radius 3 is 2.65 bits per heavy atom. The van der Waals surface area contributed by atoms with Crippen LogP contribution in [-0.2, 0) is 16.1 Å². The third-order valence-corrected chi connectivity index (χ3v) is 5.14.